The van der Waals surface area contributed by atoms with E-state index in [0.717, 1.165) is 4.68 Å². The summed E-state index contributed by atoms with van der Waals surface area (Å²) in [6, 6.07) is 16.2. The molecule has 27 heavy (non-hydrogen) atoms. The number of aryl methyl sites for hydroxylation is 1. The summed E-state index contributed by atoms with van der Waals surface area (Å²) in [6.07, 6.45) is 0. The van der Waals surface area contributed by atoms with E-state index in [9.17, 15) is 14.0 Å². The van der Waals surface area contributed by atoms with E-state index in [1.54, 1.807) is 31.2 Å². The predicted molar refractivity (Wildman–Crippen MR) is 99.5 cm³/mol. The Bertz CT molecular complexity index is 1000. The van der Waals surface area contributed by atoms with Crippen molar-refractivity contribution in [3.63, 3.8) is 0 Å². The van der Waals surface area contributed by atoms with Crippen LogP contribution in [0.25, 0.3) is 0 Å². The number of benzene rings is 2. The average Bonchev–Trinajstić information content (AvgIpc) is 2.67. The molecule has 0 aliphatic heterocycles. The van der Waals surface area contributed by atoms with Crippen LogP contribution in [-0.2, 0) is 6.54 Å². The molecule has 2 aromatic carbocycles. The van der Waals surface area contributed by atoms with E-state index in [1.807, 2.05) is 18.2 Å². The second kappa shape index (κ2) is 8.27. The molecule has 0 spiro atoms. The van der Waals surface area contributed by atoms with Gasteiger partial charge in [0, 0.05) is 11.8 Å². The maximum atomic E-state index is 13.6. The number of hydrogen-bond acceptors (Lipinski definition) is 4. The highest BCUT2D eigenvalue weighted by Gasteiger charge is 2.11. The molecule has 3 aromatic rings. The fraction of sp³-hybridized carbons (Fsp3) is 0.150. The molecule has 0 atom stereocenters. The van der Waals surface area contributed by atoms with Crippen molar-refractivity contribution in [3.8, 4) is 5.75 Å². The number of amides is 1. The van der Waals surface area contributed by atoms with Gasteiger partial charge in [0.25, 0.3) is 11.5 Å². The number of anilines is 1. The van der Waals surface area contributed by atoms with Gasteiger partial charge in [-0.25, -0.2) is 9.07 Å². The van der Waals surface area contributed by atoms with E-state index in [0.29, 0.717) is 17.0 Å². The lowest BCUT2D eigenvalue weighted by molar-refractivity contribution is 0.101. The van der Waals surface area contributed by atoms with Crippen LogP contribution in [0.4, 0.5) is 10.1 Å². The smallest absolute Gasteiger partial charge is 0.276 e. The van der Waals surface area contributed by atoms with Crippen molar-refractivity contribution >= 4 is 11.6 Å². The number of nitrogens with one attached hydrogen (secondary N) is 1. The molecule has 0 bridgehead atoms. The van der Waals surface area contributed by atoms with Crippen molar-refractivity contribution in [1.82, 2.24) is 9.78 Å². The zero-order chi connectivity index (χ0) is 19.2. The molecule has 1 heterocycles. The minimum atomic E-state index is -0.531. The average molecular weight is 367 g/mol. The highest BCUT2D eigenvalue weighted by atomic mass is 19.1. The van der Waals surface area contributed by atoms with Gasteiger partial charge in [0.1, 0.15) is 23.9 Å². The Hall–Kier alpha value is -3.48. The Labute approximate surface area is 155 Å². The standard InChI is InChI=1S/C20H18FN3O3/c1-14-7-8-15(13-17(14)21)22-20(26)18-9-10-19(25)24(23-18)11-12-27-16-5-3-2-4-6-16/h2-10,13H,11-12H2,1H3,(H,22,26). The summed E-state index contributed by atoms with van der Waals surface area (Å²) in [5.74, 6) is -0.263. The Morgan fingerprint density at radius 1 is 1.15 bits per heavy atom. The molecule has 1 aromatic heterocycles. The summed E-state index contributed by atoms with van der Waals surface area (Å²) < 4.78 is 20.3. The number of hydrogen-bond donors (Lipinski definition) is 1. The van der Waals surface area contributed by atoms with Crippen molar-refractivity contribution in [2.75, 3.05) is 11.9 Å². The van der Waals surface area contributed by atoms with Gasteiger partial charge in [-0.2, -0.15) is 5.10 Å². The third-order valence-corrected chi connectivity index (χ3v) is 3.84. The molecule has 1 amide bonds. The van der Waals surface area contributed by atoms with Crippen molar-refractivity contribution in [3.05, 3.63) is 88.1 Å². The van der Waals surface area contributed by atoms with E-state index < -0.39 is 11.7 Å². The van der Waals surface area contributed by atoms with Crippen LogP contribution in [-0.4, -0.2) is 22.3 Å². The molecule has 0 saturated carbocycles. The van der Waals surface area contributed by atoms with E-state index >= 15 is 0 Å². The molecule has 1 N–H and O–H groups in total. The Morgan fingerprint density at radius 3 is 2.67 bits per heavy atom. The molecular formula is C20H18FN3O3. The summed E-state index contributed by atoms with van der Waals surface area (Å²) in [4.78, 5) is 24.3. The summed E-state index contributed by atoms with van der Waals surface area (Å²) in [5.41, 5.74) is 0.507. The van der Waals surface area contributed by atoms with Crippen LogP contribution in [0.3, 0.4) is 0 Å². The first-order valence-corrected chi connectivity index (χ1v) is 8.36. The molecule has 0 aliphatic rings. The van der Waals surface area contributed by atoms with Gasteiger partial charge in [-0.05, 0) is 42.8 Å². The Morgan fingerprint density at radius 2 is 1.93 bits per heavy atom. The van der Waals surface area contributed by atoms with Crippen molar-refractivity contribution in [2.24, 2.45) is 0 Å². The SMILES string of the molecule is Cc1ccc(NC(=O)c2ccc(=O)n(CCOc3ccccc3)n2)cc1F. The summed E-state index contributed by atoms with van der Waals surface area (Å²) in [7, 11) is 0. The molecular weight excluding hydrogens is 349 g/mol. The van der Waals surface area contributed by atoms with Crippen LogP contribution in [0, 0.1) is 12.7 Å². The summed E-state index contributed by atoms with van der Waals surface area (Å²) >= 11 is 0. The van der Waals surface area contributed by atoms with Gasteiger partial charge in [0.2, 0.25) is 0 Å². The van der Waals surface area contributed by atoms with Gasteiger partial charge in [0.15, 0.2) is 0 Å². The highest BCUT2D eigenvalue weighted by Crippen LogP contribution is 2.14. The monoisotopic (exact) mass is 367 g/mol. The maximum absolute atomic E-state index is 13.6. The second-order valence-electron chi connectivity index (χ2n) is 5.86. The Balaban J connectivity index is 1.67. The van der Waals surface area contributed by atoms with Crippen LogP contribution in [0.5, 0.6) is 5.75 Å². The fourth-order valence-electron chi connectivity index (χ4n) is 2.36. The van der Waals surface area contributed by atoms with Crippen LogP contribution >= 0.6 is 0 Å². The number of aromatic nitrogens is 2. The first-order valence-electron chi connectivity index (χ1n) is 8.36. The molecule has 0 unspecified atom stereocenters. The number of para-hydroxylation sites is 1. The van der Waals surface area contributed by atoms with E-state index in [4.69, 9.17) is 4.74 Å². The van der Waals surface area contributed by atoms with Gasteiger partial charge in [-0.1, -0.05) is 24.3 Å². The summed E-state index contributed by atoms with van der Waals surface area (Å²) in [6.45, 7) is 2.05. The predicted octanol–water partition coefficient (Wildman–Crippen LogP) is 3.02. The minimum absolute atomic E-state index is 0.0512. The van der Waals surface area contributed by atoms with Gasteiger partial charge in [0.05, 0.1) is 6.54 Å². The topological polar surface area (TPSA) is 73.2 Å². The third kappa shape index (κ3) is 4.78. The van der Waals surface area contributed by atoms with Gasteiger partial charge in [-0.3, -0.25) is 9.59 Å². The molecule has 0 radical (unpaired) electrons. The molecule has 3 rings (SSSR count). The van der Waals surface area contributed by atoms with Crippen LogP contribution < -0.4 is 15.6 Å². The Kier molecular flexibility index (Phi) is 5.61. The lowest BCUT2D eigenvalue weighted by Gasteiger charge is -2.09. The number of rotatable bonds is 6. The molecule has 6 nitrogen and oxygen atoms in total. The highest BCUT2D eigenvalue weighted by molar-refractivity contribution is 6.02. The molecule has 138 valence electrons. The second-order valence-corrected chi connectivity index (χ2v) is 5.86. The number of ether oxygens (including phenoxy) is 1. The quantitative estimate of drug-likeness (QED) is 0.727. The van der Waals surface area contributed by atoms with E-state index in [1.165, 1.54) is 18.2 Å². The van der Waals surface area contributed by atoms with Crippen LogP contribution in [0.2, 0.25) is 0 Å². The number of nitrogens with zero attached hydrogens (tertiary/aromatic N) is 2. The first-order chi connectivity index (χ1) is 13.0. The van der Waals surface area contributed by atoms with E-state index in [2.05, 4.69) is 10.4 Å². The van der Waals surface area contributed by atoms with Gasteiger partial charge >= 0.3 is 0 Å². The maximum Gasteiger partial charge on any atom is 0.276 e. The molecule has 0 saturated heterocycles. The van der Waals surface area contributed by atoms with Crippen molar-refractivity contribution in [2.45, 2.75) is 13.5 Å². The third-order valence-electron chi connectivity index (χ3n) is 3.84. The van der Waals surface area contributed by atoms with Crippen molar-refractivity contribution in [1.29, 1.82) is 0 Å². The first kappa shape index (κ1) is 18.3. The van der Waals surface area contributed by atoms with Gasteiger partial charge < -0.3 is 10.1 Å². The normalized spacial score (nSPS) is 10.4. The van der Waals surface area contributed by atoms with E-state index in [-0.39, 0.29) is 24.4 Å². The zero-order valence-electron chi connectivity index (χ0n) is 14.7. The van der Waals surface area contributed by atoms with Gasteiger partial charge in [-0.15, -0.1) is 0 Å². The molecule has 0 aliphatic carbocycles. The van der Waals surface area contributed by atoms with Crippen LogP contribution in [0.1, 0.15) is 16.1 Å². The lowest BCUT2D eigenvalue weighted by Crippen LogP contribution is -2.28. The number of carbonyl (C=O) groups is 1. The number of halogens is 1. The zero-order valence-corrected chi connectivity index (χ0v) is 14.7. The van der Waals surface area contributed by atoms with Crippen molar-refractivity contribution < 1.29 is 13.9 Å². The fourth-order valence-corrected chi connectivity index (χ4v) is 2.36. The lowest BCUT2D eigenvalue weighted by atomic mass is 10.2. The minimum Gasteiger partial charge on any atom is -0.492 e. The molecule has 0 fully saturated rings. The largest absolute Gasteiger partial charge is 0.492 e. The number of carbonyl (C=O) groups excluding carboxylic acids is 1. The molecule has 7 heteroatoms. The van der Waals surface area contributed by atoms with Crippen LogP contribution in [0.15, 0.2) is 65.5 Å². The summed E-state index contributed by atoms with van der Waals surface area (Å²) in [5, 5.41) is 6.62.